The predicted molar refractivity (Wildman–Crippen MR) is 57.8 cm³/mol. The van der Waals surface area contributed by atoms with Gasteiger partial charge < -0.3 is 0 Å². The molecular formula is C9H8IOSe. The average molecular weight is 338 g/mol. The molecular weight excluding hydrogens is 330 g/mol. The van der Waals surface area contributed by atoms with E-state index in [1.165, 1.54) is 9.13 Å². The normalized spacial score (nSPS) is 20.3. The zero-order valence-corrected chi connectivity index (χ0v) is 10.3. The summed E-state index contributed by atoms with van der Waals surface area (Å²) < 4.78 is 6.96. The van der Waals surface area contributed by atoms with Gasteiger partial charge in [0.25, 0.3) is 0 Å². The van der Waals surface area contributed by atoms with Crippen molar-refractivity contribution in [1.82, 2.24) is 0 Å². The van der Waals surface area contributed by atoms with Crippen LogP contribution in [0.15, 0.2) is 18.2 Å². The van der Waals surface area contributed by atoms with Gasteiger partial charge in [-0.25, -0.2) is 0 Å². The minimum atomic E-state index is 0.359. The molecule has 0 saturated heterocycles. The molecule has 63 valence electrons. The molecule has 1 unspecified atom stereocenters. The molecule has 0 fully saturated rings. The maximum absolute atomic E-state index is 5.68. The van der Waals surface area contributed by atoms with Crippen molar-refractivity contribution in [2.24, 2.45) is 0 Å². The average Bonchev–Trinajstić information content (AvgIpc) is 2.46. The molecule has 0 bridgehead atoms. The monoisotopic (exact) mass is 339 g/mol. The van der Waals surface area contributed by atoms with E-state index in [2.05, 4.69) is 56.8 Å². The molecule has 0 spiro atoms. The van der Waals surface area contributed by atoms with Crippen molar-refractivity contribution < 1.29 is 4.74 Å². The van der Waals surface area contributed by atoms with Gasteiger partial charge in [0.1, 0.15) is 0 Å². The first kappa shape index (κ1) is 8.85. The van der Waals surface area contributed by atoms with E-state index < -0.39 is 0 Å². The standard InChI is InChI=1S/C9H8IOSe/c10-7-1-2-9-6(3-7)4-8(5-12)11-9/h1-3,8H,4-5H2. The van der Waals surface area contributed by atoms with E-state index in [-0.39, 0.29) is 0 Å². The van der Waals surface area contributed by atoms with Crippen LogP contribution in [-0.2, 0) is 6.42 Å². The van der Waals surface area contributed by atoms with Crippen molar-refractivity contribution in [3.05, 3.63) is 27.3 Å². The molecule has 1 atom stereocenters. The van der Waals surface area contributed by atoms with Gasteiger partial charge in [-0.2, -0.15) is 0 Å². The predicted octanol–water partition coefficient (Wildman–Crippen LogP) is 2.18. The molecule has 1 aromatic rings. The van der Waals surface area contributed by atoms with Crippen LogP contribution in [0.5, 0.6) is 5.75 Å². The summed E-state index contributed by atoms with van der Waals surface area (Å²) in [6.45, 7) is 0. The second-order valence-corrected chi connectivity index (χ2v) is 4.81. The number of rotatable bonds is 1. The summed E-state index contributed by atoms with van der Waals surface area (Å²) >= 11 is 5.34. The van der Waals surface area contributed by atoms with Gasteiger partial charge in [-0.05, 0) is 0 Å². The van der Waals surface area contributed by atoms with Crippen LogP contribution in [0.3, 0.4) is 0 Å². The molecule has 0 aliphatic carbocycles. The van der Waals surface area contributed by atoms with Crippen LogP contribution in [0.1, 0.15) is 5.56 Å². The van der Waals surface area contributed by atoms with Gasteiger partial charge in [0.15, 0.2) is 0 Å². The minimum absolute atomic E-state index is 0.359. The Morgan fingerprint density at radius 1 is 1.58 bits per heavy atom. The maximum atomic E-state index is 5.68. The number of benzene rings is 1. The van der Waals surface area contributed by atoms with Gasteiger partial charge >= 0.3 is 94.3 Å². The van der Waals surface area contributed by atoms with Gasteiger partial charge in [-0.3, -0.25) is 0 Å². The first-order valence-electron chi connectivity index (χ1n) is 3.83. The summed E-state index contributed by atoms with van der Waals surface area (Å²) in [5.41, 5.74) is 1.35. The first-order valence-corrected chi connectivity index (χ1v) is 6.12. The van der Waals surface area contributed by atoms with E-state index in [9.17, 15) is 0 Å². The summed E-state index contributed by atoms with van der Waals surface area (Å²) in [5, 5.41) is 0.977. The zero-order valence-electron chi connectivity index (χ0n) is 6.42. The Kier molecular flexibility index (Phi) is 2.63. The van der Waals surface area contributed by atoms with Crippen LogP contribution in [0.4, 0.5) is 0 Å². The van der Waals surface area contributed by atoms with Crippen molar-refractivity contribution >= 4 is 38.6 Å². The Morgan fingerprint density at radius 3 is 3.17 bits per heavy atom. The van der Waals surface area contributed by atoms with E-state index in [1.54, 1.807) is 0 Å². The van der Waals surface area contributed by atoms with E-state index >= 15 is 0 Å². The molecule has 1 aromatic carbocycles. The number of hydrogen-bond acceptors (Lipinski definition) is 1. The van der Waals surface area contributed by atoms with Gasteiger partial charge in [0, 0.05) is 0 Å². The van der Waals surface area contributed by atoms with Gasteiger partial charge in [0.05, 0.1) is 0 Å². The van der Waals surface area contributed by atoms with Crippen molar-refractivity contribution in [3.63, 3.8) is 0 Å². The Bertz CT molecular complexity index is 301. The fourth-order valence-corrected chi connectivity index (χ4v) is 2.33. The number of halogens is 1. The number of hydrogen-bond donors (Lipinski definition) is 0. The fraction of sp³-hybridized carbons (Fsp3) is 0.333. The van der Waals surface area contributed by atoms with Crippen molar-refractivity contribution in [1.29, 1.82) is 0 Å². The molecule has 1 heterocycles. The van der Waals surface area contributed by atoms with E-state index in [0.717, 1.165) is 17.5 Å². The van der Waals surface area contributed by atoms with Crippen LogP contribution in [-0.4, -0.2) is 22.1 Å². The summed E-state index contributed by atoms with van der Waals surface area (Å²) in [5.74, 6) is 1.07. The number of fused-ring (bicyclic) bond motifs is 1. The van der Waals surface area contributed by atoms with E-state index in [1.807, 2.05) is 0 Å². The van der Waals surface area contributed by atoms with Crippen molar-refractivity contribution in [2.75, 3.05) is 0 Å². The summed E-state index contributed by atoms with van der Waals surface area (Å²) in [4.78, 5) is 0. The van der Waals surface area contributed by atoms with Crippen LogP contribution < -0.4 is 4.74 Å². The number of ether oxygens (including phenoxy) is 1. The van der Waals surface area contributed by atoms with Crippen LogP contribution >= 0.6 is 22.6 Å². The van der Waals surface area contributed by atoms with E-state index in [4.69, 9.17) is 4.74 Å². The Balaban J connectivity index is 2.30. The molecule has 12 heavy (non-hydrogen) atoms. The van der Waals surface area contributed by atoms with Gasteiger partial charge in [-0.1, -0.05) is 0 Å². The molecule has 1 aliphatic heterocycles. The van der Waals surface area contributed by atoms with Crippen LogP contribution in [0.25, 0.3) is 0 Å². The van der Waals surface area contributed by atoms with Crippen molar-refractivity contribution in [2.45, 2.75) is 17.8 Å². The molecule has 0 amide bonds. The Morgan fingerprint density at radius 2 is 2.42 bits per heavy atom. The molecule has 1 nitrogen and oxygen atoms in total. The second kappa shape index (κ2) is 3.56. The van der Waals surface area contributed by atoms with Crippen LogP contribution in [0.2, 0.25) is 5.32 Å². The quantitative estimate of drug-likeness (QED) is 0.564. The van der Waals surface area contributed by atoms with E-state index in [0.29, 0.717) is 6.10 Å². The van der Waals surface area contributed by atoms with Gasteiger partial charge in [-0.15, -0.1) is 0 Å². The van der Waals surface area contributed by atoms with Crippen molar-refractivity contribution in [3.8, 4) is 5.75 Å². The third-order valence-electron chi connectivity index (χ3n) is 1.95. The third-order valence-corrected chi connectivity index (χ3v) is 3.40. The molecule has 1 radical (unpaired) electrons. The summed E-state index contributed by atoms with van der Waals surface area (Å²) in [6.07, 6.45) is 1.41. The van der Waals surface area contributed by atoms with Gasteiger partial charge in [0.2, 0.25) is 0 Å². The molecule has 2 rings (SSSR count). The van der Waals surface area contributed by atoms with Crippen LogP contribution in [0, 0.1) is 3.57 Å². The zero-order chi connectivity index (χ0) is 8.55. The summed E-state index contributed by atoms with van der Waals surface area (Å²) in [6, 6.07) is 6.35. The SMILES string of the molecule is [Se]CC1Cc2cc(I)ccc2O1. The second-order valence-electron chi connectivity index (χ2n) is 2.86. The molecule has 1 aliphatic rings. The fourth-order valence-electron chi connectivity index (χ4n) is 1.38. The third kappa shape index (κ3) is 1.63. The topological polar surface area (TPSA) is 9.23 Å². The Hall–Kier alpha value is 0.269. The summed E-state index contributed by atoms with van der Waals surface area (Å²) in [7, 11) is 0. The first-order chi connectivity index (χ1) is 5.79. The molecule has 0 saturated carbocycles. The Labute approximate surface area is 93.8 Å². The molecule has 0 N–H and O–H groups in total. The molecule has 3 heteroatoms. The molecule has 0 aromatic heterocycles.